The number of hydrogen-bond acceptors (Lipinski definition) is 6. The number of amides is 3. The first-order valence-corrected chi connectivity index (χ1v) is 10.3. The zero-order chi connectivity index (χ0) is 22.0. The van der Waals surface area contributed by atoms with E-state index >= 15 is 0 Å². The van der Waals surface area contributed by atoms with Crippen molar-refractivity contribution in [1.29, 1.82) is 0 Å². The molecule has 1 aliphatic rings. The number of hydrogen-bond donors (Lipinski definition) is 5. The minimum atomic E-state index is -1.57. The normalized spacial score (nSPS) is 19.0. The molecule has 0 radical (unpaired) electrons. The standard InChI is InChI=1S/C20H36N4O5/c1-5-6-7-8-11-16(25)22-17(13(2)3)18(26)21-14(4)19(27)24-12-9-10-15(23-24)20(28)29/h5,13-15,17,20,23,28-29H,1,6-12H2,2-4H3,(H,21,26)(H,22,25). The Balaban J connectivity index is 2.59. The van der Waals surface area contributed by atoms with E-state index in [1.165, 1.54) is 5.01 Å². The van der Waals surface area contributed by atoms with E-state index in [9.17, 15) is 24.6 Å². The van der Waals surface area contributed by atoms with Gasteiger partial charge >= 0.3 is 0 Å². The van der Waals surface area contributed by atoms with Gasteiger partial charge in [0, 0.05) is 13.0 Å². The van der Waals surface area contributed by atoms with Crippen LogP contribution >= 0.6 is 0 Å². The van der Waals surface area contributed by atoms with Crippen LogP contribution in [0.3, 0.4) is 0 Å². The molecule has 166 valence electrons. The molecule has 0 spiro atoms. The Labute approximate surface area is 172 Å². The first-order valence-electron chi connectivity index (χ1n) is 10.3. The topological polar surface area (TPSA) is 131 Å². The zero-order valence-corrected chi connectivity index (χ0v) is 17.7. The van der Waals surface area contributed by atoms with Crippen molar-refractivity contribution in [2.75, 3.05) is 6.54 Å². The molecule has 5 N–H and O–H groups in total. The Morgan fingerprint density at radius 1 is 1.21 bits per heavy atom. The van der Waals surface area contributed by atoms with Gasteiger partial charge in [-0.1, -0.05) is 19.9 Å². The largest absolute Gasteiger partial charge is 0.367 e. The van der Waals surface area contributed by atoms with Gasteiger partial charge in [-0.2, -0.15) is 0 Å². The van der Waals surface area contributed by atoms with Gasteiger partial charge < -0.3 is 20.8 Å². The predicted molar refractivity (Wildman–Crippen MR) is 109 cm³/mol. The molecule has 1 fully saturated rings. The van der Waals surface area contributed by atoms with Gasteiger partial charge in [-0.15, -0.1) is 6.58 Å². The summed E-state index contributed by atoms with van der Waals surface area (Å²) in [5.41, 5.74) is 2.78. The van der Waals surface area contributed by atoms with E-state index in [-0.39, 0.29) is 17.7 Å². The molecule has 0 saturated carbocycles. The lowest BCUT2D eigenvalue weighted by Crippen LogP contribution is -2.61. The van der Waals surface area contributed by atoms with E-state index in [0.717, 1.165) is 19.3 Å². The summed E-state index contributed by atoms with van der Waals surface area (Å²) >= 11 is 0. The van der Waals surface area contributed by atoms with Crippen LogP contribution in [0.25, 0.3) is 0 Å². The van der Waals surface area contributed by atoms with Crippen LogP contribution in [0.1, 0.15) is 59.3 Å². The number of nitrogens with one attached hydrogen (secondary N) is 3. The van der Waals surface area contributed by atoms with Crippen LogP contribution in [-0.4, -0.2) is 63.9 Å². The van der Waals surface area contributed by atoms with E-state index in [4.69, 9.17) is 0 Å². The fraction of sp³-hybridized carbons (Fsp3) is 0.750. The fourth-order valence-corrected chi connectivity index (χ4v) is 3.14. The maximum Gasteiger partial charge on any atom is 0.258 e. The lowest BCUT2D eigenvalue weighted by atomic mass is 10.0. The van der Waals surface area contributed by atoms with E-state index in [1.54, 1.807) is 13.0 Å². The average molecular weight is 413 g/mol. The Bertz CT molecular complexity index is 567. The van der Waals surface area contributed by atoms with E-state index < -0.39 is 30.3 Å². The van der Waals surface area contributed by atoms with Crippen LogP contribution in [0, 0.1) is 5.92 Å². The zero-order valence-electron chi connectivity index (χ0n) is 17.7. The van der Waals surface area contributed by atoms with Gasteiger partial charge in [0.25, 0.3) is 5.91 Å². The van der Waals surface area contributed by atoms with E-state index in [2.05, 4.69) is 22.6 Å². The molecular weight excluding hydrogens is 376 g/mol. The highest BCUT2D eigenvalue weighted by atomic mass is 16.5. The molecule has 29 heavy (non-hydrogen) atoms. The highest BCUT2D eigenvalue weighted by Crippen LogP contribution is 2.11. The second kappa shape index (κ2) is 12.6. The molecule has 1 rings (SSSR count). The van der Waals surface area contributed by atoms with E-state index in [1.807, 2.05) is 13.8 Å². The summed E-state index contributed by atoms with van der Waals surface area (Å²) in [6.07, 6.45) is 4.17. The van der Waals surface area contributed by atoms with Crippen molar-refractivity contribution in [3.63, 3.8) is 0 Å². The van der Waals surface area contributed by atoms with Crippen molar-refractivity contribution in [3.8, 4) is 0 Å². The first-order chi connectivity index (χ1) is 13.7. The van der Waals surface area contributed by atoms with Gasteiger partial charge in [0.1, 0.15) is 12.1 Å². The van der Waals surface area contributed by atoms with Gasteiger partial charge in [0.15, 0.2) is 6.29 Å². The Morgan fingerprint density at radius 2 is 1.90 bits per heavy atom. The molecule has 1 saturated heterocycles. The smallest absolute Gasteiger partial charge is 0.258 e. The molecular formula is C20H36N4O5. The second-order valence-corrected chi connectivity index (χ2v) is 7.84. The van der Waals surface area contributed by atoms with Crippen molar-refractivity contribution in [3.05, 3.63) is 12.7 Å². The number of unbranched alkanes of at least 4 members (excludes halogenated alkanes) is 2. The molecule has 0 aliphatic carbocycles. The molecule has 1 heterocycles. The lowest BCUT2D eigenvalue weighted by Gasteiger charge is -2.36. The van der Waals surface area contributed by atoms with Crippen LogP contribution in [0.2, 0.25) is 0 Å². The Morgan fingerprint density at radius 3 is 2.48 bits per heavy atom. The molecule has 3 atom stereocenters. The maximum atomic E-state index is 12.7. The maximum absolute atomic E-state index is 12.7. The SMILES string of the molecule is C=CCCCCC(=O)NC(C(=O)NC(C)C(=O)N1CCCC(C(O)O)N1)C(C)C. The van der Waals surface area contributed by atoms with Gasteiger partial charge in [0.05, 0.1) is 6.04 Å². The molecule has 3 amide bonds. The fourth-order valence-electron chi connectivity index (χ4n) is 3.14. The summed E-state index contributed by atoms with van der Waals surface area (Å²) in [7, 11) is 0. The van der Waals surface area contributed by atoms with Gasteiger partial charge in [-0.05, 0) is 44.9 Å². The summed E-state index contributed by atoms with van der Waals surface area (Å²) in [6.45, 7) is 9.28. The van der Waals surface area contributed by atoms with Crippen molar-refractivity contribution in [2.24, 2.45) is 5.92 Å². The highest BCUT2D eigenvalue weighted by molar-refractivity contribution is 5.92. The van der Waals surface area contributed by atoms with Gasteiger partial charge in [-0.3, -0.25) is 19.4 Å². The second-order valence-electron chi connectivity index (χ2n) is 7.84. The third-order valence-electron chi connectivity index (χ3n) is 4.90. The van der Waals surface area contributed by atoms with Crippen LogP contribution < -0.4 is 16.1 Å². The molecule has 0 aromatic heterocycles. The van der Waals surface area contributed by atoms with Crippen molar-refractivity contribution >= 4 is 17.7 Å². The predicted octanol–water partition coefficient (Wildman–Crippen LogP) is 0.185. The monoisotopic (exact) mass is 412 g/mol. The number of hydrazine groups is 1. The van der Waals surface area contributed by atoms with Gasteiger partial charge in [-0.25, -0.2) is 5.43 Å². The molecule has 0 bridgehead atoms. The number of allylic oxidation sites excluding steroid dienone is 1. The third-order valence-corrected chi connectivity index (χ3v) is 4.90. The number of carbonyl (C=O) groups excluding carboxylic acids is 3. The summed E-state index contributed by atoms with van der Waals surface area (Å²) < 4.78 is 0. The molecule has 9 nitrogen and oxygen atoms in total. The first kappa shape index (κ1) is 25.1. The van der Waals surface area contributed by atoms with Crippen LogP contribution in [0.5, 0.6) is 0 Å². The number of aliphatic hydroxyl groups is 2. The number of rotatable bonds is 11. The minimum absolute atomic E-state index is 0.142. The van der Waals surface area contributed by atoms with Crippen molar-refractivity contribution in [1.82, 2.24) is 21.1 Å². The lowest BCUT2D eigenvalue weighted by molar-refractivity contribution is -0.147. The molecule has 0 aromatic rings. The number of nitrogens with zero attached hydrogens (tertiary/aromatic N) is 1. The van der Waals surface area contributed by atoms with Crippen LogP contribution in [0.4, 0.5) is 0 Å². The minimum Gasteiger partial charge on any atom is -0.367 e. The van der Waals surface area contributed by atoms with Crippen molar-refractivity contribution < 1.29 is 24.6 Å². The van der Waals surface area contributed by atoms with Crippen LogP contribution in [-0.2, 0) is 14.4 Å². The molecule has 1 aliphatic heterocycles. The van der Waals surface area contributed by atoms with Gasteiger partial charge in [0.2, 0.25) is 11.8 Å². The Hall–Kier alpha value is -1.97. The van der Waals surface area contributed by atoms with E-state index in [0.29, 0.717) is 25.8 Å². The van der Waals surface area contributed by atoms with Crippen molar-refractivity contribution in [2.45, 2.75) is 83.7 Å². The van der Waals surface area contributed by atoms with Crippen LogP contribution in [0.15, 0.2) is 12.7 Å². The highest BCUT2D eigenvalue weighted by Gasteiger charge is 2.32. The summed E-state index contributed by atoms with van der Waals surface area (Å²) in [6, 6.07) is -2.19. The number of carbonyl (C=O) groups is 3. The number of aliphatic hydroxyl groups excluding tert-OH is 1. The Kier molecular flexibility index (Phi) is 10.9. The molecule has 3 unspecified atom stereocenters. The summed E-state index contributed by atoms with van der Waals surface area (Å²) in [5.74, 6) is -1.13. The summed E-state index contributed by atoms with van der Waals surface area (Å²) in [5, 5.41) is 25.3. The molecule has 0 aromatic carbocycles. The molecule has 9 heteroatoms. The quantitative estimate of drug-likeness (QED) is 0.187. The summed E-state index contributed by atoms with van der Waals surface area (Å²) in [4.78, 5) is 37.4. The third kappa shape index (κ3) is 8.51. The average Bonchev–Trinajstić information content (AvgIpc) is 2.68.